The SMILES string of the molecule is CC1(O)CCCN(c2ccc(C(F)(F)F)cn2)C1. The van der Waals surface area contributed by atoms with E-state index in [4.69, 9.17) is 0 Å². The van der Waals surface area contributed by atoms with Crippen LogP contribution in [0, 0.1) is 0 Å². The number of anilines is 1. The highest BCUT2D eigenvalue weighted by Gasteiger charge is 2.32. The monoisotopic (exact) mass is 260 g/mol. The summed E-state index contributed by atoms with van der Waals surface area (Å²) in [5.74, 6) is 0.475. The predicted molar refractivity (Wildman–Crippen MR) is 61.3 cm³/mol. The minimum Gasteiger partial charge on any atom is -0.388 e. The molecule has 3 nitrogen and oxygen atoms in total. The summed E-state index contributed by atoms with van der Waals surface area (Å²) in [6, 6.07) is 2.37. The Morgan fingerprint density at radius 2 is 2.11 bits per heavy atom. The van der Waals surface area contributed by atoms with E-state index in [-0.39, 0.29) is 0 Å². The number of pyridine rings is 1. The summed E-state index contributed by atoms with van der Waals surface area (Å²) in [6.07, 6.45) is -2.03. The van der Waals surface area contributed by atoms with Crippen molar-refractivity contribution in [3.8, 4) is 0 Å². The second-order valence-electron chi connectivity index (χ2n) is 4.92. The van der Waals surface area contributed by atoms with Gasteiger partial charge in [0.15, 0.2) is 0 Å². The average Bonchev–Trinajstić information content (AvgIpc) is 2.27. The van der Waals surface area contributed by atoms with E-state index in [2.05, 4.69) is 4.98 Å². The molecule has 0 saturated carbocycles. The first-order valence-electron chi connectivity index (χ1n) is 5.78. The molecule has 1 atom stereocenters. The lowest BCUT2D eigenvalue weighted by Gasteiger charge is -2.37. The topological polar surface area (TPSA) is 36.4 Å². The molecule has 0 amide bonds. The molecule has 0 aromatic carbocycles. The smallest absolute Gasteiger partial charge is 0.388 e. The van der Waals surface area contributed by atoms with Gasteiger partial charge in [-0.1, -0.05) is 0 Å². The molecule has 0 bridgehead atoms. The summed E-state index contributed by atoms with van der Waals surface area (Å²) >= 11 is 0. The van der Waals surface area contributed by atoms with Gasteiger partial charge in [0.2, 0.25) is 0 Å². The molecule has 1 aliphatic rings. The highest BCUT2D eigenvalue weighted by atomic mass is 19.4. The van der Waals surface area contributed by atoms with Crippen LogP contribution >= 0.6 is 0 Å². The molecular formula is C12H15F3N2O. The lowest BCUT2D eigenvalue weighted by atomic mass is 9.95. The van der Waals surface area contributed by atoms with E-state index in [0.717, 1.165) is 18.7 Å². The van der Waals surface area contributed by atoms with Crippen molar-refractivity contribution in [2.24, 2.45) is 0 Å². The van der Waals surface area contributed by atoms with Crippen LogP contribution in [0.4, 0.5) is 19.0 Å². The summed E-state index contributed by atoms with van der Waals surface area (Å²) in [5, 5.41) is 9.94. The second kappa shape index (κ2) is 4.42. The Morgan fingerprint density at radius 3 is 2.61 bits per heavy atom. The predicted octanol–water partition coefficient (Wildman–Crippen LogP) is 2.45. The Hall–Kier alpha value is -1.30. The molecule has 1 aromatic heterocycles. The van der Waals surface area contributed by atoms with Crippen LogP contribution in [0.3, 0.4) is 0 Å². The van der Waals surface area contributed by atoms with Crippen LogP contribution in [0.2, 0.25) is 0 Å². The number of rotatable bonds is 1. The molecule has 2 rings (SSSR count). The van der Waals surface area contributed by atoms with Crippen molar-refractivity contribution >= 4 is 5.82 Å². The normalized spacial score (nSPS) is 25.3. The zero-order valence-electron chi connectivity index (χ0n) is 10.0. The number of aromatic nitrogens is 1. The molecule has 0 aliphatic carbocycles. The van der Waals surface area contributed by atoms with Crippen LogP contribution in [-0.4, -0.2) is 28.8 Å². The fourth-order valence-corrected chi connectivity index (χ4v) is 2.16. The maximum absolute atomic E-state index is 12.4. The minimum atomic E-state index is -4.36. The number of piperidine rings is 1. The third-order valence-electron chi connectivity index (χ3n) is 3.07. The van der Waals surface area contributed by atoms with E-state index >= 15 is 0 Å². The fourth-order valence-electron chi connectivity index (χ4n) is 2.16. The van der Waals surface area contributed by atoms with E-state index in [9.17, 15) is 18.3 Å². The number of hydrogen-bond acceptors (Lipinski definition) is 3. The standard InChI is InChI=1S/C12H15F3N2O/c1-11(18)5-2-6-17(8-11)10-4-3-9(7-16-10)12(13,14)15/h3-4,7,18H,2,5-6,8H2,1H3. The summed E-state index contributed by atoms with van der Waals surface area (Å²) in [5.41, 5.74) is -1.56. The van der Waals surface area contributed by atoms with Crippen molar-refractivity contribution in [2.75, 3.05) is 18.0 Å². The van der Waals surface area contributed by atoms with Gasteiger partial charge < -0.3 is 10.0 Å². The van der Waals surface area contributed by atoms with Crippen LogP contribution in [0.25, 0.3) is 0 Å². The van der Waals surface area contributed by atoms with Crippen molar-refractivity contribution in [1.29, 1.82) is 0 Å². The Labute approximate surface area is 103 Å². The van der Waals surface area contributed by atoms with Crippen LogP contribution in [0.1, 0.15) is 25.3 Å². The maximum atomic E-state index is 12.4. The third kappa shape index (κ3) is 2.93. The fraction of sp³-hybridized carbons (Fsp3) is 0.583. The maximum Gasteiger partial charge on any atom is 0.417 e. The van der Waals surface area contributed by atoms with Gasteiger partial charge in [-0.25, -0.2) is 4.98 Å². The van der Waals surface area contributed by atoms with E-state index in [0.29, 0.717) is 25.3 Å². The minimum absolute atomic E-state index is 0.394. The van der Waals surface area contributed by atoms with Gasteiger partial charge in [0.05, 0.1) is 11.2 Å². The van der Waals surface area contributed by atoms with Crippen molar-refractivity contribution in [3.63, 3.8) is 0 Å². The lowest BCUT2D eigenvalue weighted by molar-refractivity contribution is -0.137. The van der Waals surface area contributed by atoms with Gasteiger partial charge in [0, 0.05) is 19.3 Å². The molecule has 1 aromatic rings. The molecular weight excluding hydrogens is 245 g/mol. The van der Waals surface area contributed by atoms with E-state index in [1.807, 2.05) is 4.90 Å². The second-order valence-corrected chi connectivity index (χ2v) is 4.92. The molecule has 1 fully saturated rings. The molecule has 1 N–H and O–H groups in total. The Morgan fingerprint density at radius 1 is 1.39 bits per heavy atom. The van der Waals surface area contributed by atoms with E-state index < -0.39 is 17.3 Å². The molecule has 0 radical (unpaired) electrons. The molecule has 100 valence electrons. The van der Waals surface area contributed by atoms with Gasteiger partial charge in [-0.05, 0) is 31.9 Å². The zero-order valence-corrected chi connectivity index (χ0v) is 10.0. The summed E-state index contributed by atoms with van der Waals surface area (Å²) in [7, 11) is 0. The Kier molecular flexibility index (Phi) is 3.23. The van der Waals surface area contributed by atoms with Crippen LogP contribution in [0.15, 0.2) is 18.3 Å². The molecule has 1 aliphatic heterocycles. The third-order valence-corrected chi connectivity index (χ3v) is 3.07. The first-order valence-corrected chi connectivity index (χ1v) is 5.78. The quantitative estimate of drug-likeness (QED) is 0.842. The largest absolute Gasteiger partial charge is 0.417 e. The van der Waals surface area contributed by atoms with Crippen LogP contribution in [-0.2, 0) is 6.18 Å². The van der Waals surface area contributed by atoms with Gasteiger partial charge in [-0.2, -0.15) is 13.2 Å². The van der Waals surface area contributed by atoms with E-state index in [1.54, 1.807) is 6.92 Å². The summed E-state index contributed by atoms with van der Waals surface area (Å²) in [6.45, 7) is 2.82. The first kappa shape index (κ1) is 13.1. The van der Waals surface area contributed by atoms with Gasteiger partial charge in [-0.15, -0.1) is 0 Å². The van der Waals surface area contributed by atoms with Crippen molar-refractivity contribution in [2.45, 2.75) is 31.5 Å². The number of halogens is 3. The number of hydrogen-bond donors (Lipinski definition) is 1. The lowest BCUT2D eigenvalue weighted by Crippen LogP contribution is -2.46. The molecule has 6 heteroatoms. The number of β-amino-alcohol motifs (C(OH)–C–C–N with tert-alkyl or cyclic N) is 1. The van der Waals surface area contributed by atoms with Gasteiger partial charge in [0.25, 0.3) is 0 Å². The Balaban J connectivity index is 2.15. The van der Waals surface area contributed by atoms with Crippen LogP contribution in [0.5, 0.6) is 0 Å². The summed E-state index contributed by atoms with van der Waals surface area (Å²) in [4.78, 5) is 5.64. The molecule has 0 spiro atoms. The van der Waals surface area contributed by atoms with Crippen molar-refractivity contribution in [1.82, 2.24) is 4.98 Å². The highest BCUT2D eigenvalue weighted by molar-refractivity contribution is 5.41. The number of aliphatic hydroxyl groups is 1. The van der Waals surface area contributed by atoms with Crippen LogP contribution < -0.4 is 4.90 Å². The number of nitrogens with zero attached hydrogens (tertiary/aromatic N) is 2. The average molecular weight is 260 g/mol. The summed E-state index contributed by atoms with van der Waals surface area (Å²) < 4.78 is 37.2. The number of alkyl halides is 3. The first-order chi connectivity index (χ1) is 8.28. The van der Waals surface area contributed by atoms with Gasteiger partial charge in [0.1, 0.15) is 5.82 Å². The Bertz CT molecular complexity index is 414. The molecule has 18 heavy (non-hydrogen) atoms. The highest BCUT2D eigenvalue weighted by Crippen LogP contribution is 2.30. The molecule has 1 unspecified atom stereocenters. The molecule has 2 heterocycles. The van der Waals surface area contributed by atoms with Gasteiger partial charge in [-0.3, -0.25) is 0 Å². The molecule has 1 saturated heterocycles. The van der Waals surface area contributed by atoms with Crippen molar-refractivity contribution < 1.29 is 18.3 Å². The zero-order chi connectivity index (χ0) is 13.4. The van der Waals surface area contributed by atoms with Gasteiger partial charge >= 0.3 is 6.18 Å². The van der Waals surface area contributed by atoms with Crippen molar-refractivity contribution in [3.05, 3.63) is 23.9 Å². The van der Waals surface area contributed by atoms with E-state index in [1.165, 1.54) is 6.07 Å².